The summed E-state index contributed by atoms with van der Waals surface area (Å²) in [6.07, 6.45) is 0.346. The quantitative estimate of drug-likeness (QED) is 0.366. The molecule has 0 bridgehead atoms. The average molecular weight is 299 g/mol. The van der Waals surface area contributed by atoms with E-state index in [2.05, 4.69) is 4.99 Å². The molecule has 2 aliphatic heterocycles. The summed E-state index contributed by atoms with van der Waals surface area (Å²) < 4.78 is 0. The van der Waals surface area contributed by atoms with Crippen molar-refractivity contribution in [1.82, 2.24) is 4.90 Å². The number of nitrogens with two attached hydrogens (primary N) is 1. The minimum absolute atomic E-state index is 0.00958. The number of thioether (sulfide) groups is 1. The maximum Gasteiger partial charge on any atom is 0.353 e. The lowest BCUT2D eigenvalue weighted by molar-refractivity contribution is -0.164. The maximum atomic E-state index is 12.4. The molecule has 0 aromatic rings. The van der Waals surface area contributed by atoms with Crippen LogP contribution in [0.5, 0.6) is 0 Å². The number of carboxylic acids is 1. The monoisotopic (exact) mass is 299 g/mol. The summed E-state index contributed by atoms with van der Waals surface area (Å²) in [6, 6.07) is -0.477. The Kier molecular flexibility index (Phi) is 3.79. The topological polar surface area (TPSA) is 116 Å². The number of fused-ring (bicyclic) bond motifs is 1. The molecule has 2 aliphatic rings. The summed E-state index contributed by atoms with van der Waals surface area (Å²) in [5.74, 6) is -0.932. The van der Waals surface area contributed by atoms with Gasteiger partial charge in [-0.1, -0.05) is 6.92 Å². The van der Waals surface area contributed by atoms with Crippen LogP contribution in [-0.2, 0) is 9.59 Å². The minimum atomic E-state index is -1.36. The van der Waals surface area contributed by atoms with E-state index in [0.29, 0.717) is 17.1 Å². The fourth-order valence-electron chi connectivity index (χ4n) is 2.87. The molecule has 0 radical (unpaired) electrons. The number of carbonyl (C=O) groups is 2. The first-order valence-corrected chi connectivity index (χ1v) is 7.26. The number of β-lactam (4-membered cyclic amide) rings is 1. The van der Waals surface area contributed by atoms with Gasteiger partial charge in [0, 0.05) is 11.3 Å². The number of aliphatic carboxylic acids is 1. The van der Waals surface area contributed by atoms with Crippen molar-refractivity contribution in [3.63, 3.8) is 0 Å². The second-order valence-corrected chi connectivity index (χ2v) is 6.04. The lowest BCUT2D eigenvalue weighted by atomic mass is 9.75. The molecule has 0 aromatic heterocycles. The SMILES string of the molecule is CCSC1=C(C(=O)O)N2C(=O)C(N=CN)(C(C)O)[C@@H]2C1. The van der Waals surface area contributed by atoms with Gasteiger partial charge in [-0.05, 0) is 12.7 Å². The molecule has 3 atom stereocenters. The van der Waals surface area contributed by atoms with Crippen LogP contribution in [0.3, 0.4) is 0 Å². The van der Waals surface area contributed by atoms with Crippen LogP contribution in [0, 0.1) is 0 Å². The predicted octanol–water partition coefficient (Wildman–Crippen LogP) is -0.243. The van der Waals surface area contributed by atoms with Gasteiger partial charge in [0.05, 0.1) is 18.5 Å². The van der Waals surface area contributed by atoms with E-state index in [1.807, 2.05) is 6.92 Å². The highest BCUT2D eigenvalue weighted by Crippen LogP contribution is 2.50. The molecule has 2 rings (SSSR count). The number of aliphatic hydroxyl groups is 1. The molecule has 0 saturated carbocycles. The van der Waals surface area contributed by atoms with Gasteiger partial charge in [-0.15, -0.1) is 11.8 Å². The number of carboxylic acid groups (broad SMARTS) is 1. The molecule has 8 heteroatoms. The Hall–Kier alpha value is -1.54. The summed E-state index contributed by atoms with van der Waals surface area (Å²) in [5.41, 5.74) is 3.94. The van der Waals surface area contributed by atoms with Gasteiger partial charge in [0.2, 0.25) is 0 Å². The smallest absolute Gasteiger partial charge is 0.353 e. The molecule has 7 nitrogen and oxygen atoms in total. The maximum absolute atomic E-state index is 12.4. The van der Waals surface area contributed by atoms with Gasteiger partial charge in [-0.2, -0.15) is 0 Å². The van der Waals surface area contributed by atoms with Crippen LogP contribution in [0.15, 0.2) is 15.6 Å². The van der Waals surface area contributed by atoms with Crippen molar-refractivity contribution < 1.29 is 19.8 Å². The van der Waals surface area contributed by atoms with Gasteiger partial charge in [-0.3, -0.25) is 14.7 Å². The molecule has 4 N–H and O–H groups in total. The zero-order chi connectivity index (χ0) is 15.1. The van der Waals surface area contributed by atoms with Gasteiger partial charge in [-0.25, -0.2) is 4.79 Å². The lowest BCUT2D eigenvalue weighted by Gasteiger charge is -2.51. The van der Waals surface area contributed by atoms with Crippen LogP contribution in [0.2, 0.25) is 0 Å². The summed E-state index contributed by atoms with van der Waals surface area (Å²) in [7, 11) is 0. The molecule has 1 fully saturated rings. The second-order valence-electron chi connectivity index (χ2n) is 4.68. The van der Waals surface area contributed by atoms with Gasteiger partial charge < -0.3 is 15.9 Å². The van der Waals surface area contributed by atoms with E-state index in [1.165, 1.54) is 23.6 Å². The number of rotatable bonds is 5. The van der Waals surface area contributed by atoms with Gasteiger partial charge >= 0.3 is 5.97 Å². The third kappa shape index (κ3) is 1.75. The molecular weight excluding hydrogens is 282 g/mol. The zero-order valence-corrected chi connectivity index (χ0v) is 12.1. The largest absolute Gasteiger partial charge is 0.477 e. The summed E-state index contributed by atoms with van der Waals surface area (Å²) >= 11 is 1.40. The van der Waals surface area contributed by atoms with Crippen molar-refractivity contribution in [3.05, 3.63) is 10.6 Å². The van der Waals surface area contributed by atoms with Gasteiger partial charge in [0.25, 0.3) is 5.91 Å². The van der Waals surface area contributed by atoms with Gasteiger partial charge in [0.1, 0.15) is 5.70 Å². The molecule has 0 spiro atoms. The molecular formula is C12H17N3O4S. The first-order valence-electron chi connectivity index (χ1n) is 6.28. The third-order valence-electron chi connectivity index (χ3n) is 3.71. The van der Waals surface area contributed by atoms with Crippen LogP contribution >= 0.6 is 11.8 Å². The Morgan fingerprint density at radius 3 is 2.85 bits per heavy atom. The fourth-order valence-corrected chi connectivity index (χ4v) is 3.82. The molecule has 0 aliphatic carbocycles. The number of aliphatic imine (C=N–C) groups is 1. The summed E-state index contributed by atoms with van der Waals surface area (Å²) in [5, 5.41) is 19.2. The lowest BCUT2D eigenvalue weighted by Crippen LogP contribution is -2.75. The fraction of sp³-hybridized carbons (Fsp3) is 0.583. The number of hydrogen-bond donors (Lipinski definition) is 3. The number of carbonyl (C=O) groups excluding carboxylic acids is 1. The Morgan fingerprint density at radius 1 is 1.75 bits per heavy atom. The number of aliphatic hydroxyl groups excluding tert-OH is 1. The van der Waals surface area contributed by atoms with Crippen molar-refractivity contribution in [2.24, 2.45) is 10.7 Å². The van der Waals surface area contributed by atoms with Crippen molar-refractivity contribution >= 4 is 30.0 Å². The standard InChI is InChI=1S/C12H17N3O4S/c1-3-20-7-4-8-12(6(2)16,14-5-13)11(19)15(8)9(7)10(17)18/h5-6,8,16H,3-4H2,1-2H3,(H2,13,14)(H,17,18)/t6?,8-,12?/m0/s1. The number of amides is 1. The number of hydrogen-bond acceptors (Lipinski definition) is 5. The van der Waals surface area contributed by atoms with E-state index in [1.54, 1.807) is 0 Å². The minimum Gasteiger partial charge on any atom is -0.477 e. The normalized spacial score (nSPS) is 30.6. The van der Waals surface area contributed by atoms with Crippen LogP contribution in [0.4, 0.5) is 0 Å². The van der Waals surface area contributed by atoms with Crippen molar-refractivity contribution in [2.45, 2.75) is 38.0 Å². The summed E-state index contributed by atoms with van der Waals surface area (Å²) in [6.45, 7) is 3.38. The first-order chi connectivity index (χ1) is 9.41. The highest BCUT2D eigenvalue weighted by atomic mass is 32.2. The Morgan fingerprint density at radius 2 is 2.40 bits per heavy atom. The van der Waals surface area contributed by atoms with E-state index in [4.69, 9.17) is 5.73 Å². The van der Waals surface area contributed by atoms with Crippen LogP contribution in [0.1, 0.15) is 20.3 Å². The van der Waals surface area contributed by atoms with Crippen LogP contribution in [0.25, 0.3) is 0 Å². The first kappa shape index (κ1) is 14.9. The van der Waals surface area contributed by atoms with E-state index in [9.17, 15) is 19.8 Å². The van der Waals surface area contributed by atoms with E-state index < -0.39 is 29.6 Å². The molecule has 1 amide bonds. The van der Waals surface area contributed by atoms with Gasteiger partial charge in [0.15, 0.2) is 5.54 Å². The molecule has 2 unspecified atom stereocenters. The average Bonchev–Trinajstić information content (AvgIpc) is 2.72. The molecule has 2 heterocycles. The van der Waals surface area contributed by atoms with E-state index >= 15 is 0 Å². The molecule has 20 heavy (non-hydrogen) atoms. The highest BCUT2D eigenvalue weighted by Gasteiger charge is 2.68. The van der Waals surface area contributed by atoms with Crippen molar-refractivity contribution in [3.8, 4) is 0 Å². The Labute approximate surface area is 120 Å². The van der Waals surface area contributed by atoms with Crippen molar-refractivity contribution in [2.75, 3.05) is 5.75 Å². The number of nitrogens with zero attached hydrogens (tertiary/aromatic N) is 2. The predicted molar refractivity (Wildman–Crippen MR) is 75.1 cm³/mol. The van der Waals surface area contributed by atoms with Crippen LogP contribution < -0.4 is 5.73 Å². The zero-order valence-electron chi connectivity index (χ0n) is 11.2. The third-order valence-corrected chi connectivity index (χ3v) is 4.71. The highest BCUT2D eigenvalue weighted by molar-refractivity contribution is 8.03. The molecule has 110 valence electrons. The summed E-state index contributed by atoms with van der Waals surface area (Å²) in [4.78, 5) is 29.5. The Balaban J connectivity index is 2.42. The van der Waals surface area contributed by atoms with Crippen LogP contribution in [-0.4, -0.2) is 56.8 Å². The van der Waals surface area contributed by atoms with Crippen molar-refractivity contribution in [1.29, 1.82) is 0 Å². The second kappa shape index (κ2) is 5.10. The molecule has 1 saturated heterocycles. The van der Waals surface area contributed by atoms with E-state index in [-0.39, 0.29) is 5.70 Å². The Bertz CT molecular complexity index is 517. The van der Waals surface area contributed by atoms with E-state index in [0.717, 1.165) is 6.34 Å². The molecule has 0 aromatic carbocycles.